The number of fused-ring (bicyclic) bond motifs is 1. The standard InChI is InChI=1S/C19H15N3O3S/c1-24-14-9-7-12(8-10-14)17-20-19-22(21-17)18(23)16(26-19)11-13-5-3-4-6-15(13)25-2/h3-11H,1-2H3. The van der Waals surface area contributed by atoms with Crippen molar-refractivity contribution >= 4 is 22.4 Å². The fourth-order valence-electron chi connectivity index (χ4n) is 2.62. The highest BCUT2D eigenvalue weighted by Gasteiger charge is 2.12. The van der Waals surface area contributed by atoms with E-state index in [-0.39, 0.29) is 5.56 Å². The second-order valence-electron chi connectivity index (χ2n) is 5.52. The number of hydrogen-bond acceptors (Lipinski definition) is 6. The Bertz CT molecular complexity index is 1180. The van der Waals surface area contributed by atoms with E-state index >= 15 is 0 Å². The first kappa shape index (κ1) is 16.3. The first-order valence-corrected chi connectivity index (χ1v) is 8.70. The Kier molecular flexibility index (Phi) is 4.14. The Morgan fingerprint density at radius 2 is 1.81 bits per heavy atom. The van der Waals surface area contributed by atoms with Crippen LogP contribution in [0.15, 0.2) is 53.3 Å². The van der Waals surface area contributed by atoms with Crippen LogP contribution in [0.25, 0.3) is 22.4 Å². The summed E-state index contributed by atoms with van der Waals surface area (Å²) in [5.41, 5.74) is 1.48. The van der Waals surface area contributed by atoms with Crippen LogP contribution in [0, 0.1) is 0 Å². The molecule has 0 bridgehead atoms. The lowest BCUT2D eigenvalue weighted by molar-refractivity contribution is 0.414. The lowest BCUT2D eigenvalue weighted by Gasteiger charge is -2.02. The van der Waals surface area contributed by atoms with Gasteiger partial charge >= 0.3 is 0 Å². The van der Waals surface area contributed by atoms with Gasteiger partial charge in [0.2, 0.25) is 4.96 Å². The molecule has 0 spiro atoms. The van der Waals surface area contributed by atoms with Gasteiger partial charge in [0.05, 0.1) is 18.8 Å². The van der Waals surface area contributed by atoms with E-state index in [4.69, 9.17) is 9.47 Å². The maximum atomic E-state index is 12.7. The zero-order valence-corrected chi connectivity index (χ0v) is 15.0. The Balaban J connectivity index is 1.78. The van der Waals surface area contributed by atoms with Gasteiger partial charge in [0.15, 0.2) is 5.82 Å². The fraction of sp³-hybridized carbons (Fsp3) is 0.105. The van der Waals surface area contributed by atoms with Crippen molar-refractivity contribution in [2.75, 3.05) is 14.2 Å². The molecule has 0 atom stereocenters. The molecule has 2 aromatic carbocycles. The summed E-state index contributed by atoms with van der Waals surface area (Å²) in [6.07, 6.45) is 1.80. The van der Waals surface area contributed by atoms with E-state index in [2.05, 4.69) is 10.1 Å². The lowest BCUT2D eigenvalue weighted by atomic mass is 10.2. The van der Waals surface area contributed by atoms with Crippen LogP contribution in [0.4, 0.5) is 0 Å². The quantitative estimate of drug-likeness (QED) is 0.556. The minimum atomic E-state index is -0.192. The first-order chi connectivity index (χ1) is 12.7. The van der Waals surface area contributed by atoms with E-state index in [0.29, 0.717) is 21.1 Å². The summed E-state index contributed by atoms with van der Waals surface area (Å²) < 4.78 is 12.4. The van der Waals surface area contributed by atoms with Gasteiger partial charge in [-0.05, 0) is 36.4 Å². The summed E-state index contributed by atoms with van der Waals surface area (Å²) in [4.78, 5) is 17.7. The van der Waals surface area contributed by atoms with E-state index in [1.165, 1.54) is 15.9 Å². The molecule has 0 aliphatic rings. The molecule has 4 aromatic rings. The van der Waals surface area contributed by atoms with Crippen LogP contribution < -0.4 is 19.6 Å². The molecule has 0 fully saturated rings. The van der Waals surface area contributed by atoms with E-state index in [1.807, 2.05) is 48.5 Å². The van der Waals surface area contributed by atoms with Crippen molar-refractivity contribution in [2.24, 2.45) is 0 Å². The van der Waals surface area contributed by atoms with Gasteiger partial charge in [-0.15, -0.1) is 5.10 Å². The van der Waals surface area contributed by atoms with Crippen LogP contribution >= 0.6 is 11.3 Å². The van der Waals surface area contributed by atoms with Gasteiger partial charge in [0, 0.05) is 11.1 Å². The number of para-hydroxylation sites is 1. The molecule has 0 saturated heterocycles. The van der Waals surface area contributed by atoms with Crippen molar-refractivity contribution in [2.45, 2.75) is 0 Å². The summed E-state index contributed by atoms with van der Waals surface area (Å²) in [5.74, 6) is 1.98. The van der Waals surface area contributed by atoms with Crippen LogP contribution in [0.1, 0.15) is 5.56 Å². The van der Waals surface area contributed by atoms with Crippen LogP contribution in [-0.2, 0) is 0 Å². The highest BCUT2D eigenvalue weighted by molar-refractivity contribution is 7.15. The van der Waals surface area contributed by atoms with Crippen LogP contribution in [0.5, 0.6) is 11.5 Å². The molecular formula is C19H15N3O3S. The normalized spacial score (nSPS) is 11.8. The Labute approximate surface area is 153 Å². The number of ether oxygens (including phenoxy) is 2. The third kappa shape index (κ3) is 2.82. The van der Waals surface area contributed by atoms with Crippen molar-refractivity contribution in [3.8, 4) is 22.9 Å². The van der Waals surface area contributed by atoms with Gasteiger partial charge in [0.1, 0.15) is 11.5 Å². The molecule has 0 aliphatic heterocycles. The number of hydrogen-bond donors (Lipinski definition) is 0. The maximum absolute atomic E-state index is 12.7. The number of methoxy groups -OCH3 is 2. The third-order valence-electron chi connectivity index (χ3n) is 3.96. The SMILES string of the molecule is COc1ccc(-c2nc3sc(=Cc4ccccc4OC)c(=O)n3n2)cc1. The van der Waals surface area contributed by atoms with Crippen LogP contribution in [0.2, 0.25) is 0 Å². The second kappa shape index (κ2) is 6.61. The zero-order chi connectivity index (χ0) is 18.1. The molecule has 2 aromatic heterocycles. The molecular weight excluding hydrogens is 350 g/mol. The number of thiazole rings is 1. The van der Waals surface area contributed by atoms with Crippen LogP contribution in [0.3, 0.4) is 0 Å². The fourth-order valence-corrected chi connectivity index (χ4v) is 3.52. The van der Waals surface area contributed by atoms with Crippen LogP contribution in [-0.4, -0.2) is 28.8 Å². The van der Waals surface area contributed by atoms with Gasteiger partial charge in [-0.1, -0.05) is 29.5 Å². The molecule has 0 unspecified atom stereocenters. The van der Waals surface area contributed by atoms with Crippen molar-refractivity contribution in [3.05, 3.63) is 69.0 Å². The lowest BCUT2D eigenvalue weighted by Crippen LogP contribution is -2.23. The van der Waals surface area contributed by atoms with Crippen molar-refractivity contribution in [1.82, 2.24) is 14.6 Å². The summed E-state index contributed by atoms with van der Waals surface area (Å²) in [6.45, 7) is 0. The van der Waals surface area contributed by atoms with E-state index in [0.717, 1.165) is 16.9 Å². The molecule has 6 nitrogen and oxygen atoms in total. The van der Waals surface area contributed by atoms with E-state index < -0.39 is 0 Å². The maximum Gasteiger partial charge on any atom is 0.291 e. The molecule has 7 heteroatoms. The highest BCUT2D eigenvalue weighted by atomic mass is 32.1. The monoisotopic (exact) mass is 365 g/mol. The smallest absolute Gasteiger partial charge is 0.291 e. The number of aromatic nitrogens is 3. The van der Waals surface area contributed by atoms with Crippen molar-refractivity contribution in [1.29, 1.82) is 0 Å². The molecule has 0 aliphatic carbocycles. The van der Waals surface area contributed by atoms with Gasteiger partial charge in [0.25, 0.3) is 5.56 Å². The van der Waals surface area contributed by atoms with E-state index in [9.17, 15) is 4.79 Å². The highest BCUT2D eigenvalue weighted by Crippen LogP contribution is 2.21. The Morgan fingerprint density at radius 1 is 1.04 bits per heavy atom. The van der Waals surface area contributed by atoms with Crippen molar-refractivity contribution in [3.63, 3.8) is 0 Å². The summed E-state index contributed by atoms with van der Waals surface area (Å²) in [6, 6.07) is 14.9. The first-order valence-electron chi connectivity index (χ1n) is 7.88. The Morgan fingerprint density at radius 3 is 2.50 bits per heavy atom. The Hall–Kier alpha value is -3.19. The van der Waals surface area contributed by atoms with Gasteiger partial charge in [-0.25, -0.2) is 0 Å². The second-order valence-corrected chi connectivity index (χ2v) is 6.53. The molecule has 0 radical (unpaired) electrons. The minimum Gasteiger partial charge on any atom is -0.497 e. The number of benzene rings is 2. The molecule has 0 N–H and O–H groups in total. The summed E-state index contributed by atoms with van der Waals surface area (Å²) in [7, 11) is 3.22. The largest absolute Gasteiger partial charge is 0.497 e. The summed E-state index contributed by atoms with van der Waals surface area (Å²) >= 11 is 1.30. The zero-order valence-electron chi connectivity index (χ0n) is 14.2. The average molecular weight is 365 g/mol. The molecule has 4 rings (SSSR count). The molecule has 2 heterocycles. The van der Waals surface area contributed by atoms with E-state index in [1.54, 1.807) is 20.3 Å². The van der Waals surface area contributed by atoms with Gasteiger partial charge in [-0.3, -0.25) is 4.79 Å². The van der Waals surface area contributed by atoms with Gasteiger partial charge in [-0.2, -0.15) is 9.50 Å². The number of rotatable bonds is 4. The average Bonchev–Trinajstić information content (AvgIpc) is 3.22. The minimum absolute atomic E-state index is 0.192. The predicted octanol–water partition coefficient (Wildman–Crippen LogP) is 2.38. The molecule has 0 saturated carbocycles. The topological polar surface area (TPSA) is 65.7 Å². The van der Waals surface area contributed by atoms with Crippen molar-refractivity contribution < 1.29 is 9.47 Å². The molecule has 26 heavy (non-hydrogen) atoms. The van der Waals surface area contributed by atoms with Gasteiger partial charge < -0.3 is 9.47 Å². The predicted molar refractivity (Wildman–Crippen MR) is 101 cm³/mol. The molecule has 0 amide bonds. The molecule has 130 valence electrons. The number of nitrogens with zero attached hydrogens (tertiary/aromatic N) is 3. The summed E-state index contributed by atoms with van der Waals surface area (Å²) in [5, 5.41) is 4.35. The third-order valence-corrected chi connectivity index (χ3v) is 4.91.